The second kappa shape index (κ2) is 10.2. The highest BCUT2D eigenvalue weighted by molar-refractivity contribution is 6.20. The maximum Gasteiger partial charge on any atom is 0.137 e. The quantitative estimate of drug-likeness (QED) is 0.196. The van der Waals surface area contributed by atoms with Crippen LogP contribution in [0.25, 0.3) is 83.1 Å². The molecule has 0 saturated heterocycles. The van der Waals surface area contributed by atoms with Crippen LogP contribution in [0.5, 0.6) is 0 Å². The van der Waals surface area contributed by atoms with E-state index in [0.29, 0.717) is 0 Å². The van der Waals surface area contributed by atoms with Crippen molar-refractivity contribution in [2.24, 2.45) is 0 Å². The highest BCUT2D eigenvalue weighted by Crippen LogP contribution is 2.38. The van der Waals surface area contributed by atoms with E-state index >= 15 is 0 Å². The van der Waals surface area contributed by atoms with Crippen molar-refractivity contribution in [1.29, 1.82) is 0 Å². The summed E-state index contributed by atoms with van der Waals surface area (Å²) in [6, 6.07) is 50.8. The molecule has 5 aromatic carbocycles. The van der Waals surface area contributed by atoms with Crippen molar-refractivity contribution in [3.05, 3.63) is 158 Å². The molecule has 0 spiro atoms. The zero-order valence-corrected chi connectivity index (χ0v) is 24.3. The van der Waals surface area contributed by atoms with Crippen molar-refractivity contribution in [3.63, 3.8) is 0 Å². The van der Waals surface area contributed by atoms with Crippen LogP contribution in [-0.4, -0.2) is 19.4 Å². The van der Waals surface area contributed by atoms with Crippen LogP contribution in [-0.2, 0) is 0 Å². The van der Waals surface area contributed by atoms with E-state index in [9.17, 15) is 0 Å². The molecule has 0 amide bonds. The van der Waals surface area contributed by atoms with Crippen molar-refractivity contribution < 1.29 is 0 Å². The number of hydrogen-bond donors (Lipinski definition) is 0. The predicted molar refractivity (Wildman–Crippen MR) is 185 cm³/mol. The van der Waals surface area contributed by atoms with Gasteiger partial charge in [0.25, 0.3) is 0 Å². The van der Waals surface area contributed by atoms with Gasteiger partial charge >= 0.3 is 0 Å². The second-order valence-corrected chi connectivity index (χ2v) is 11.3. The highest BCUT2D eigenvalue weighted by atomic mass is 15.0. The third-order valence-electron chi connectivity index (χ3n) is 8.63. The number of rotatable bonds is 4. The minimum Gasteiger partial charge on any atom is -0.306 e. The van der Waals surface area contributed by atoms with Gasteiger partial charge in [-0.25, -0.2) is 15.0 Å². The van der Waals surface area contributed by atoms with Gasteiger partial charge in [0, 0.05) is 45.2 Å². The summed E-state index contributed by atoms with van der Waals surface area (Å²) in [4.78, 5) is 15.2. The van der Waals surface area contributed by atoms with Crippen LogP contribution in [0.15, 0.2) is 158 Å². The van der Waals surface area contributed by atoms with Crippen molar-refractivity contribution >= 4 is 38.2 Å². The molecule has 45 heavy (non-hydrogen) atoms. The molecular weight excluding hydrogens is 548 g/mol. The Labute approximate surface area is 259 Å². The molecule has 210 valence electrons. The monoisotopic (exact) mass is 574 g/mol. The number of fused-ring (bicyclic) bond motifs is 6. The fourth-order valence-electron chi connectivity index (χ4n) is 6.33. The number of nitrogens with zero attached hydrogens (tertiary/aromatic N) is 4. The molecule has 9 rings (SSSR count). The number of benzene rings is 5. The molecule has 0 bridgehead atoms. The smallest absolute Gasteiger partial charge is 0.137 e. The van der Waals surface area contributed by atoms with E-state index in [1.807, 2.05) is 34.9 Å². The van der Waals surface area contributed by atoms with Gasteiger partial charge in [0.2, 0.25) is 0 Å². The van der Waals surface area contributed by atoms with E-state index < -0.39 is 0 Å². The molecule has 4 heterocycles. The molecule has 0 aliphatic carbocycles. The largest absolute Gasteiger partial charge is 0.306 e. The molecule has 4 aromatic heterocycles. The molecule has 0 radical (unpaired) electrons. The van der Waals surface area contributed by atoms with Gasteiger partial charge in [-0.05, 0) is 40.8 Å². The van der Waals surface area contributed by atoms with Crippen LogP contribution in [0.3, 0.4) is 0 Å². The molecule has 0 aliphatic rings. The summed E-state index contributed by atoms with van der Waals surface area (Å²) in [5.74, 6) is 0. The maximum absolute atomic E-state index is 5.24. The number of imidazole rings is 1. The van der Waals surface area contributed by atoms with Crippen LogP contribution >= 0.6 is 0 Å². The van der Waals surface area contributed by atoms with Gasteiger partial charge in [0.15, 0.2) is 0 Å². The lowest BCUT2D eigenvalue weighted by molar-refractivity contribution is 1.19. The van der Waals surface area contributed by atoms with Crippen LogP contribution in [0.1, 0.15) is 0 Å². The van der Waals surface area contributed by atoms with Gasteiger partial charge in [-0.2, -0.15) is 0 Å². The van der Waals surface area contributed by atoms with E-state index in [0.717, 1.165) is 83.1 Å². The Bertz CT molecular complexity index is 2480. The summed E-state index contributed by atoms with van der Waals surface area (Å²) in [5.41, 5.74) is 11.3. The maximum atomic E-state index is 5.24. The van der Waals surface area contributed by atoms with Crippen molar-refractivity contribution in [1.82, 2.24) is 19.4 Å². The lowest BCUT2D eigenvalue weighted by Crippen LogP contribution is -1.93. The van der Waals surface area contributed by atoms with Crippen molar-refractivity contribution in [2.45, 2.75) is 0 Å². The molecule has 4 heteroatoms. The first-order valence-corrected chi connectivity index (χ1v) is 15.1. The van der Waals surface area contributed by atoms with Crippen molar-refractivity contribution in [2.75, 3.05) is 0 Å². The second-order valence-electron chi connectivity index (χ2n) is 11.3. The fraction of sp³-hybridized carbons (Fsp3) is 0. The molecule has 4 nitrogen and oxygen atoms in total. The Hall–Kier alpha value is -6.13. The third-order valence-corrected chi connectivity index (χ3v) is 8.63. The molecule has 0 unspecified atom stereocenters. The highest BCUT2D eigenvalue weighted by Gasteiger charge is 2.15. The van der Waals surface area contributed by atoms with Crippen LogP contribution in [0.2, 0.25) is 0 Å². The lowest BCUT2D eigenvalue weighted by atomic mass is 9.95. The van der Waals surface area contributed by atoms with Gasteiger partial charge in [-0.3, -0.25) is 0 Å². The number of pyridine rings is 3. The van der Waals surface area contributed by atoms with Gasteiger partial charge < -0.3 is 4.40 Å². The van der Waals surface area contributed by atoms with E-state index in [4.69, 9.17) is 15.0 Å². The minimum absolute atomic E-state index is 0.945. The molecular formula is C41H26N4. The SMILES string of the molecule is c1ccc(-c2ccc3ccc4c5ccccc5nc(-c5ccc(-c6ccc(-c7cn8ccccc8n7)cc6)cc5)c4c3n2)cc1. The van der Waals surface area contributed by atoms with Gasteiger partial charge in [-0.15, -0.1) is 0 Å². The Morgan fingerprint density at radius 2 is 1.09 bits per heavy atom. The molecule has 0 fully saturated rings. The predicted octanol–water partition coefficient (Wildman–Crippen LogP) is 10.3. The first-order chi connectivity index (χ1) is 22.3. The zero-order valence-electron chi connectivity index (χ0n) is 24.3. The Morgan fingerprint density at radius 1 is 0.422 bits per heavy atom. The lowest BCUT2D eigenvalue weighted by Gasteiger charge is -2.14. The fourth-order valence-corrected chi connectivity index (χ4v) is 6.33. The molecule has 0 atom stereocenters. The third kappa shape index (κ3) is 4.35. The van der Waals surface area contributed by atoms with E-state index in [-0.39, 0.29) is 0 Å². The molecule has 0 saturated carbocycles. The van der Waals surface area contributed by atoms with Crippen LogP contribution in [0, 0.1) is 0 Å². The summed E-state index contributed by atoms with van der Waals surface area (Å²) < 4.78 is 2.05. The zero-order chi connectivity index (χ0) is 29.7. The number of para-hydroxylation sites is 1. The molecule has 9 aromatic rings. The Kier molecular flexibility index (Phi) is 5.78. The number of hydrogen-bond acceptors (Lipinski definition) is 3. The Morgan fingerprint density at radius 3 is 1.89 bits per heavy atom. The normalized spacial score (nSPS) is 11.6. The number of aromatic nitrogens is 4. The first kappa shape index (κ1) is 25.4. The van der Waals surface area contributed by atoms with E-state index in [1.54, 1.807) is 0 Å². The summed E-state index contributed by atoms with van der Waals surface area (Å²) in [5, 5.41) is 4.47. The average Bonchev–Trinajstić information content (AvgIpc) is 3.56. The summed E-state index contributed by atoms with van der Waals surface area (Å²) >= 11 is 0. The Balaban J connectivity index is 1.15. The van der Waals surface area contributed by atoms with E-state index in [1.165, 1.54) is 0 Å². The first-order valence-electron chi connectivity index (χ1n) is 15.1. The summed E-state index contributed by atoms with van der Waals surface area (Å²) in [6.45, 7) is 0. The van der Waals surface area contributed by atoms with Gasteiger partial charge in [0.05, 0.1) is 28.1 Å². The molecule has 0 aliphatic heterocycles. The minimum atomic E-state index is 0.945. The van der Waals surface area contributed by atoms with Crippen LogP contribution < -0.4 is 0 Å². The van der Waals surface area contributed by atoms with E-state index in [2.05, 4.69) is 128 Å². The summed E-state index contributed by atoms with van der Waals surface area (Å²) in [7, 11) is 0. The van der Waals surface area contributed by atoms with Gasteiger partial charge in [0.1, 0.15) is 5.65 Å². The standard InChI is InChI=1S/C41H26N4/c1-2-8-29(9-3-1)35-24-22-32-21-23-34-33-10-4-5-11-36(33)44-41(39(34)40(32)43-35)31-19-15-28(16-20-31)27-13-17-30(18-14-27)37-26-45-25-7-6-12-38(45)42-37/h1-26H. The van der Waals surface area contributed by atoms with Crippen LogP contribution in [0.4, 0.5) is 0 Å². The molecule has 0 N–H and O–H groups in total. The van der Waals surface area contributed by atoms with Crippen molar-refractivity contribution in [3.8, 4) is 44.9 Å². The summed E-state index contributed by atoms with van der Waals surface area (Å²) in [6.07, 6.45) is 4.10. The topological polar surface area (TPSA) is 43.1 Å². The van der Waals surface area contributed by atoms with Gasteiger partial charge in [-0.1, -0.05) is 121 Å². The average molecular weight is 575 g/mol.